The Labute approximate surface area is 249 Å². The summed E-state index contributed by atoms with van der Waals surface area (Å²) in [6, 6.07) is 0. The van der Waals surface area contributed by atoms with Gasteiger partial charge in [0.05, 0.1) is 20.1 Å². The van der Waals surface area contributed by atoms with Gasteiger partial charge in [0.15, 0.2) is 6.54 Å². The van der Waals surface area contributed by atoms with Gasteiger partial charge in [-0.1, -0.05) is 59.3 Å². The maximum absolute atomic E-state index is 13.1. The number of esters is 1. The van der Waals surface area contributed by atoms with Gasteiger partial charge in [0, 0.05) is 23.7 Å². The fraction of sp³-hybridized carbons (Fsp3) is 0.861. The third kappa shape index (κ3) is 4.79. The summed E-state index contributed by atoms with van der Waals surface area (Å²) < 4.78 is 7.01. The Kier molecular flexibility index (Phi) is 7.85. The van der Waals surface area contributed by atoms with Crippen molar-refractivity contribution in [2.24, 2.45) is 40.4 Å². The first-order chi connectivity index (χ1) is 19.5. The van der Waals surface area contributed by atoms with Crippen LogP contribution in [0.2, 0.25) is 0 Å². The largest absolute Gasteiger partial charge is 0.458 e. The van der Waals surface area contributed by atoms with E-state index in [1.165, 1.54) is 57.8 Å². The molecule has 41 heavy (non-hydrogen) atoms. The van der Waals surface area contributed by atoms with Crippen LogP contribution in [0.1, 0.15) is 112 Å². The second-order valence-corrected chi connectivity index (χ2v) is 16.1. The predicted octanol–water partition coefficient (Wildman–Crippen LogP) is 7.80. The molecule has 3 saturated carbocycles. The highest BCUT2D eigenvalue weighted by molar-refractivity contribution is 5.70. The zero-order valence-corrected chi connectivity index (χ0v) is 27.0. The number of likely N-dealkylation sites (tertiary alicyclic amines) is 1. The van der Waals surface area contributed by atoms with Gasteiger partial charge in [0.1, 0.15) is 17.3 Å². The van der Waals surface area contributed by atoms with Gasteiger partial charge >= 0.3 is 5.97 Å². The Morgan fingerprint density at radius 1 is 1.00 bits per heavy atom. The molecule has 5 nitrogen and oxygen atoms in total. The minimum atomic E-state index is -0.497. The normalized spacial score (nSPS) is 46.0. The number of carbonyl (C=O) groups excluding carboxylic acids is 1. The summed E-state index contributed by atoms with van der Waals surface area (Å²) in [5.41, 5.74) is -0.554. The molecule has 2 spiro atoms. The van der Waals surface area contributed by atoms with E-state index in [1.807, 2.05) is 0 Å². The highest BCUT2D eigenvalue weighted by Crippen LogP contribution is 2.73. The lowest BCUT2D eigenvalue weighted by Gasteiger charge is -2.69. The average Bonchev–Trinajstić information content (AvgIpc) is 3.30. The highest BCUT2D eigenvalue weighted by atomic mass is 17.2. The molecule has 10 atom stereocenters. The summed E-state index contributed by atoms with van der Waals surface area (Å²) in [5, 5.41) is 0. The lowest BCUT2D eigenvalue weighted by atomic mass is 9.42. The number of allylic oxidation sites excluding steroid dienone is 2. The van der Waals surface area contributed by atoms with Gasteiger partial charge in [-0.25, -0.2) is 14.6 Å². The van der Waals surface area contributed by atoms with E-state index in [1.54, 1.807) is 0 Å². The molecule has 3 aliphatic heterocycles. The van der Waals surface area contributed by atoms with Gasteiger partial charge in [0.25, 0.3) is 0 Å². The van der Waals surface area contributed by atoms with Crippen LogP contribution < -0.4 is 0 Å². The monoisotopic (exact) mass is 568 g/mol. The van der Waals surface area contributed by atoms with Crippen LogP contribution in [0.25, 0.3) is 0 Å². The van der Waals surface area contributed by atoms with Crippen LogP contribution in [0.15, 0.2) is 24.3 Å². The lowest BCUT2D eigenvalue weighted by molar-refractivity contribution is -0.907. The maximum atomic E-state index is 13.1. The summed E-state index contributed by atoms with van der Waals surface area (Å²) in [5.74, 6) is 2.83. The van der Waals surface area contributed by atoms with Crippen molar-refractivity contribution in [3.63, 3.8) is 0 Å². The molecule has 0 unspecified atom stereocenters. The van der Waals surface area contributed by atoms with Crippen LogP contribution >= 0.6 is 0 Å². The first-order valence-electron chi connectivity index (χ1n) is 17.3. The van der Waals surface area contributed by atoms with Crippen LogP contribution in [-0.2, 0) is 19.3 Å². The first-order valence-corrected chi connectivity index (χ1v) is 17.3. The molecule has 2 bridgehead atoms. The summed E-state index contributed by atoms with van der Waals surface area (Å²) in [6.07, 6.45) is 23.6. The number of quaternary nitrogens is 1. The molecule has 0 aromatic heterocycles. The van der Waals surface area contributed by atoms with Crippen molar-refractivity contribution >= 4 is 5.97 Å². The molecule has 4 aliphatic carbocycles. The molecule has 7 rings (SSSR count). The summed E-state index contributed by atoms with van der Waals surface area (Å²) in [4.78, 5) is 26.3. The number of rotatable bonds is 8. The van der Waals surface area contributed by atoms with E-state index in [4.69, 9.17) is 14.5 Å². The van der Waals surface area contributed by atoms with Crippen molar-refractivity contribution in [2.75, 3.05) is 26.7 Å². The van der Waals surface area contributed by atoms with Crippen molar-refractivity contribution in [1.29, 1.82) is 0 Å². The van der Waals surface area contributed by atoms with E-state index in [0.29, 0.717) is 42.6 Å². The maximum Gasteiger partial charge on any atom is 0.362 e. The topological polar surface area (TPSA) is 44.8 Å². The van der Waals surface area contributed by atoms with Crippen LogP contribution in [-0.4, -0.2) is 54.4 Å². The minimum absolute atomic E-state index is 0.00877. The van der Waals surface area contributed by atoms with Gasteiger partial charge in [-0.2, -0.15) is 0 Å². The number of likely N-dealkylation sites (N-methyl/N-ethyl adjacent to an activating group) is 1. The van der Waals surface area contributed by atoms with Gasteiger partial charge in [-0.05, 0) is 93.5 Å². The van der Waals surface area contributed by atoms with Crippen molar-refractivity contribution in [2.45, 2.75) is 129 Å². The molecule has 5 heteroatoms. The summed E-state index contributed by atoms with van der Waals surface area (Å²) in [6.45, 7) is 14.8. The van der Waals surface area contributed by atoms with Crippen LogP contribution in [0, 0.1) is 40.4 Å². The van der Waals surface area contributed by atoms with E-state index in [2.05, 4.69) is 66.0 Å². The minimum Gasteiger partial charge on any atom is -0.458 e. The van der Waals surface area contributed by atoms with E-state index in [9.17, 15) is 4.79 Å². The second kappa shape index (κ2) is 10.8. The second-order valence-electron chi connectivity index (χ2n) is 16.1. The van der Waals surface area contributed by atoms with E-state index in [0.717, 1.165) is 30.4 Å². The number of hydrogen-bond donors (Lipinski definition) is 0. The van der Waals surface area contributed by atoms with Gasteiger partial charge in [0.2, 0.25) is 0 Å². The molecule has 0 N–H and O–H groups in total. The standard InChI is InChI=1S/C36H58NO4/c1-7-11-26(2)12-13-27(3)29-14-15-30-33(29,4)18-17-31-34(5)19-16-28(24-35(34)20-21-36(30,31)41-40-35)39-32(38)25-37(6)22-9-8-10-23-37/h12-13,20-21,26-31H,7-11,14-19,22-25H2,1-6H3/q+1/b13-12+/t26-,27-,28+,29-,30-,31-,33-,34-,35-,36+/m1/s1. The Balaban J connectivity index is 1.17. The molecule has 7 aliphatic rings. The Hall–Kier alpha value is -1.17. The Bertz CT molecular complexity index is 1050. The van der Waals surface area contributed by atoms with Crippen molar-refractivity contribution in [1.82, 2.24) is 0 Å². The number of piperidine rings is 1. The molecule has 3 heterocycles. The molecule has 0 aromatic rings. The predicted molar refractivity (Wildman–Crippen MR) is 163 cm³/mol. The molecule has 0 aromatic carbocycles. The molecule has 5 fully saturated rings. The first kappa shape index (κ1) is 29.9. The number of nitrogens with zero attached hydrogens (tertiary/aromatic N) is 1. The third-order valence-electron chi connectivity index (χ3n) is 13.5. The van der Waals surface area contributed by atoms with Crippen LogP contribution in [0.4, 0.5) is 0 Å². The van der Waals surface area contributed by atoms with Gasteiger partial charge in [-0.15, -0.1) is 0 Å². The van der Waals surface area contributed by atoms with Crippen molar-refractivity contribution in [3.8, 4) is 0 Å². The molecule has 0 amide bonds. The SMILES string of the molecule is CCC[C@@H](C)/C=C/[C@@H](C)[C@H]1CC[C@@H]2[C@]1(C)CC[C@H]1[C@]23C=C[C@]2(C[C@@H](OC(=O)C[N+]4(C)CCCCC4)CC[C@]12C)OO3. The fourth-order valence-electron chi connectivity index (χ4n) is 11.1. The van der Waals surface area contributed by atoms with E-state index < -0.39 is 5.60 Å². The zero-order chi connectivity index (χ0) is 29.1. The molecular formula is C36H58NO4+. The molecule has 230 valence electrons. The Morgan fingerprint density at radius 2 is 1.78 bits per heavy atom. The van der Waals surface area contributed by atoms with Crippen molar-refractivity contribution in [3.05, 3.63) is 24.3 Å². The Morgan fingerprint density at radius 3 is 2.49 bits per heavy atom. The third-order valence-corrected chi connectivity index (χ3v) is 13.5. The van der Waals surface area contributed by atoms with Crippen LogP contribution in [0.3, 0.4) is 0 Å². The fourth-order valence-corrected chi connectivity index (χ4v) is 11.1. The molecule has 0 radical (unpaired) electrons. The van der Waals surface area contributed by atoms with Crippen LogP contribution in [0.5, 0.6) is 0 Å². The van der Waals surface area contributed by atoms with Crippen molar-refractivity contribution < 1.29 is 23.8 Å². The number of ether oxygens (including phenoxy) is 1. The number of carbonyl (C=O) groups is 1. The summed E-state index contributed by atoms with van der Waals surface area (Å²) >= 11 is 0. The number of hydrogen-bond acceptors (Lipinski definition) is 4. The van der Waals surface area contributed by atoms with E-state index >= 15 is 0 Å². The smallest absolute Gasteiger partial charge is 0.362 e. The van der Waals surface area contributed by atoms with Gasteiger partial charge < -0.3 is 9.22 Å². The van der Waals surface area contributed by atoms with Gasteiger partial charge in [-0.3, -0.25) is 0 Å². The quantitative estimate of drug-likeness (QED) is 0.130. The highest BCUT2D eigenvalue weighted by Gasteiger charge is 2.74. The molecule has 2 saturated heterocycles. The summed E-state index contributed by atoms with van der Waals surface area (Å²) in [7, 11) is 2.22. The molecular weight excluding hydrogens is 510 g/mol. The zero-order valence-electron chi connectivity index (χ0n) is 27.0. The van der Waals surface area contributed by atoms with E-state index in [-0.39, 0.29) is 28.5 Å². The average molecular weight is 569 g/mol. The lowest BCUT2D eigenvalue weighted by Crippen LogP contribution is -2.73. The number of fused-ring (bicyclic) bond motifs is 2.